The van der Waals surface area contributed by atoms with E-state index >= 15 is 0 Å². The molecular formula is C21H26N4O2. The van der Waals surface area contributed by atoms with Gasteiger partial charge >= 0.3 is 5.69 Å². The van der Waals surface area contributed by atoms with Gasteiger partial charge in [-0.25, -0.2) is 14.8 Å². The molecule has 6 heteroatoms. The van der Waals surface area contributed by atoms with Crippen molar-refractivity contribution in [3.05, 3.63) is 40.4 Å². The van der Waals surface area contributed by atoms with Crippen LogP contribution in [-0.4, -0.2) is 26.6 Å². The Balaban J connectivity index is 1.81. The molecule has 1 aliphatic carbocycles. The summed E-state index contributed by atoms with van der Waals surface area (Å²) in [7, 11) is 1.66. The molecular weight excluding hydrogens is 340 g/mol. The Bertz CT molecular complexity index is 1010. The molecule has 4 rings (SSSR count). The fourth-order valence-electron chi connectivity index (χ4n) is 3.96. The minimum Gasteiger partial charge on any atom is -0.496 e. The molecule has 0 spiro atoms. The van der Waals surface area contributed by atoms with Crippen molar-refractivity contribution < 1.29 is 4.74 Å². The lowest BCUT2D eigenvalue weighted by Crippen LogP contribution is -2.20. The number of fused-ring (bicyclic) bond motifs is 1. The van der Waals surface area contributed by atoms with Gasteiger partial charge in [-0.05, 0) is 42.4 Å². The molecule has 1 fully saturated rings. The molecule has 0 unspecified atom stereocenters. The summed E-state index contributed by atoms with van der Waals surface area (Å²) in [5, 5.41) is 0. The van der Waals surface area contributed by atoms with Crippen LogP contribution in [0.4, 0.5) is 0 Å². The fraction of sp³-hybridized carbons (Fsp3) is 0.476. The molecule has 27 heavy (non-hydrogen) atoms. The number of hydrogen-bond acceptors (Lipinski definition) is 4. The summed E-state index contributed by atoms with van der Waals surface area (Å²) in [6, 6.07) is 6.15. The molecule has 6 nitrogen and oxygen atoms in total. The molecule has 1 aromatic carbocycles. The summed E-state index contributed by atoms with van der Waals surface area (Å²) in [6.07, 6.45) is 6.56. The Kier molecular flexibility index (Phi) is 4.72. The van der Waals surface area contributed by atoms with Gasteiger partial charge in [0.05, 0.1) is 19.0 Å². The number of benzene rings is 1. The van der Waals surface area contributed by atoms with E-state index in [1.54, 1.807) is 17.9 Å². The van der Waals surface area contributed by atoms with Gasteiger partial charge in [-0.2, -0.15) is 0 Å². The van der Waals surface area contributed by atoms with E-state index < -0.39 is 0 Å². The quantitative estimate of drug-likeness (QED) is 0.737. The molecule has 3 aromatic rings. The van der Waals surface area contributed by atoms with Gasteiger partial charge in [-0.1, -0.05) is 32.8 Å². The van der Waals surface area contributed by atoms with Crippen molar-refractivity contribution in [1.82, 2.24) is 19.5 Å². The first kappa shape index (κ1) is 17.8. The number of aromatic amines is 1. The lowest BCUT2D eigenvalue weighted by Gasteiger charge is -2.13. The van der Waals surface area contributed by atoms with Crippen molar-refractivity contribution in [1.29, 1.82) is 0 Å². The monoisotopic (exact) mass is 366 g/mol. The SMILES string of the molecule is COc1ccc(C(C)C)cc1-c1cnc2[nH]c(=O)n(CC3CCCC3)c2n1. The van der Waals surface area contributed by atoms with Crippen LogP contribution in [0.25, 0.3) is 22.6 Å². The molecule has 0 bridgehead atoms. The minimum atomic E-state index is -0.128. The van der Waals surface area contributed by atoms with Gasteiger partial charge in [0.1, 0.15) is 5.75 Å². The van der Waals surface area contributed by atoms with Crippen LogP contribution in [0.2, 0.25) is 0 Å². The molecule has 142 valence electrons. The van der Waals surface area contributed by atoms with Gasteiger partial charge < -0.3 is 4.74 Å². The van der Waals surface area contributed by atoms with E-state index in [1.165, 1.54) is 31.2 Å². The average molecular weight is 366 g/mol. The Hall–Kier alpha value is -2.63. The summed E-state index contributed by atoms with van der Waals surface area (Å²) < 4.78 is 7.30. The Morgan fingerprint density at radius 1 is 1.30 bits per heavy atom. The molecule has 0 aliphatic heterocycles. The van der Waals surface area contributed by atoms with E-state index in [0.717, 1.165) is 17.0 Å². The highest BCUT2D eigenvalue weighted by Crippen LogP contribution is 2.32. The third-order valence-corrected chi connectivity index (χ3v) is 5.56. The van der Waals surface area contributed by atoms with Crippen LogP contribution in [0.3, 0.4) is 0 Å². The van der Waals surface area contributed by atoms with Crippen molar-refractivity contribution in [2.24, 2.45) is 5.92 Å². The van der Waals surface area contributed by atoms with Crippen LogP contribution in [0, 0.1) is 5.92 Å². The smallest absolute Gasteiger partial charge is 0.328 e. The van der Waals surface area contributed by atoms with E-state index in [0.29, 0.717) is 29.7 Å². The number of imidazole rings is 1. The highest BCUT2D eigenvalue weighted by molar-refractivity contribution is 5.74. The summed E-state index contributed by atoms with van der Waals surface area (Å²) >= 11 is 0. The average Bonchev–Trinajstić information content (AvgIpc) is 3.29. The normalized spacial score (nSPS) is 15.1. The number of methoxy groups -OCH3 is 1. The molecule has 0 amide bonds. The van der Waals surface area contributed by atoms with Gasteiger partial charge in [0.2, 0.25) is 0 Å². The fourth-order valence-corrected chi connectivity index (χ4v) is 3.96. The maximum atomic E-state index is 12.4. The molecule has 1 N–H and O–H groups in total. The van der Waals surface area contributed by atoms with Crippen molar-refractivity contribution in [3.8, 4) is 17.0 Å². The molecule has 2 heterocycles. The number of ether oxygens (including phenoxy) is 1. The first-order chi connectivity index (χ1) is 13.1. The van der Waals surface area contributed by atoms with Crippen molar-refractivity contribution >= 4 is 11.3 Å². The first-order valence-corrected chi connectivity index (χ1v) is 9.70. The molecule has 0 atom stereocenters. The summed E-state index contributed by atoms with van der Waals surface area (Å²) in [5.74, 6) is 1.71. The standard InChI is InChI=1S/C21H26N4O2/c1-13(2)15-8-9-18(27-3)16(10-15)17-11-22-19-20(23-17)25(21(26)24-19)12-14-6-4-5-7-14/h8-11,13-14H,4-7,12H2,1-3H3,(H,22,24,26). The van der Waals surface area contributed by atoms with E-state index in [1.807, 2.05) is 6.07 Å². The second-order valence-electron chi connectivity index (χ2n) is 7.73. The molecule has 0 saturated heterocycles. The number of rotatable bonds is 5. The second-order valence-corrected chi connectivity index (χ2v) is 7.73. The van der Waals surface area contributed by atoms with Crippen LogP contribution in [0.1, 0.15) is 51.0 Å². The highest BCUT2D eigenvalue weighted by atomic mass is 16.5. The van der Waals surface area contributed by atoms with Crippen molar-refractivity contribution in [2.45, 2.75) is 52.0 Å². The zero-order chi connectivity index (χ0) is 19.0. The zero-order valence-corrected chi connectivity index (χ0v) is 16.2. The number of H-pyrrole nitrogens is 1. The van der Waals surface area contributed by atoms with Crippen LogP contribution >= 0.6 is 0 Å². The molecule has 1 aliphatic rings. The second kappa shape index (κ2) is 7.18. The van der Waals surface area contributed by atoms with Gasteiger partial charge in [-0.15, -0.1) is 0 Å². The highest BCUT2D eigenvalue weighted by Gasteiger charge is 2.20. The lowest BCUT2D eigenvalue weighted by molar-refractivity contribution is 0.416. The summed E-state index contributed by atoms with van der Waals surface area (Å²) in [5.41, 5.74) is 3.88. The van der Waals surface area contributed by atoms with Crippen molar-refractivity contribution in [3.63, 3.8) is 0 Å². The largest absolute Gasteiger partial charge is 0.496 e. The van der Waals surface area contributed by atoms with Gasteiger partial charge in [-0.3, -0.25) is 9.55 Å². The van der Waals surface area contributed by atoms with Crippen LogP contribution < -0.4 is 10.4 Å². The molecule has 0 radical (unpaired) electrons. The van der Waals surface area contributed by atoms with E-state index in [4.69, 9.17) is 9.72 Å². The number of hydrogen-bond donors (Lipinski definition) is 1. The van der Waals surface area contributed by atoms with Crippen LogP contribution in [0.5, 0.6) is 5.75 Å². The third-order valence-electron chi connectivity index (χ3n) is 5.56. The van der Waals surface area contributed by atoms with Crippen LogP contribution in [-0.2, 0) is 6.54 Å². The van der Waals surface area contributed by atoms with Crippen molar-refractivity contribution in [2.75, 3.05) is 7.11 Å². The van der Waals surface area contributed by atoms with E-state index in [9.17, 15) is 4.79 Å². The maximum Gasteiger partial charge on any atom is 0.328 e. The first-order valence-electron chi connectivity index (χ1n) is 9.70. The van der Waals surface area contributed by atoms with Crippen LogP contribution in [0.15, 0.2) is 29.2 Å². The lowest BCUT2D eigenvalue weighted by atomic mass is 9.99. The molecule has 2 aromatic heterocycles. The van der Waals surface area contributed by atoms with Gasteiger partial charge in [0, 0.05) is 12.1 Å². The predicted molar refractivity (Wildman–Crippen MR) is 106 cm³/mol. The number of nitrogens with zero attached hydrogens (tertiary/aromatic N) is 3. The Morgan fingerprint density at radius 2 is 2.07 bits per heavy atom. The Morgan fingerprint density at radius 3 is 2.78 bits per heavy atom. The number of nitrogens with one attached hydrogen (secondary N) is 1. The van der Waals surface area contributed by atoms with E-state index in [2.05, 4.69) is 35.9 Å². The minimum absolute atomic E-state index is 0.128. The zero-order valence-electron chi connectivity index (χ0n) is 16.2. The Labute approximate surface area is 158 Å². The maximum absolute atomic E-state index is 12.4. The third kappa shape index (κ3) is 3.36. The molecule has 1 saturated carbocycles. The van der Waals surface area contributed by atoms with Gasteiger partial charge in [0.15, 0.2) is 11.3 Å². The summed E-state index contributed by atoms with van der Waals surface area (Å²) in [4.78, 5) is 24.6. The van der Waals surface area contributed by atoms with Gasteiger partial charge in [0.25, 0.3) is 0 Å². The summed E-state index contributed by atoms with van der Waals surface area (Å²) in [6.45, 7) is 5.03. The van der Waals surface area contributed by atoms with E-state index in [-0.39, 0.29) is 5.69 Å². The topological polar surface area (TPSA) is 72.8 Å². The predicted octanol–water partition coefficient (Wildman–Crippen LogP) is 4.11. The number of aromatic nitrogens is 4.